The van der Waals surface area contributed by atoms with Crippen LogP contribution in [0.5, 0.6) is 0 Å². The summed E-state index contributed by atoms with van der Waals surface area (Å²) in [4.78, 5) is 4.85. The van der Waals surface area contributed by atoms with Crippen molar-refractivity contribution in [3.8, 4) is 0 Å². The predicted octanol–water partition coefficient (Wildman–Crippen LogP) is 3.37. The van der Waals surface area contributed by atoms with Gasteiger partial charge in [0.1, 0.15) is 5.82 Å². The molecule has 0 amide bonds. The molecule has 1 aliphatic carbocycles. The van der Waals surface area contributed by atoms with Gasteiger partial charge in [0, 0.05) is 30.3 Å². The minimum Gasteiger partial charge on any atom is -0.373 e. The van der Waals surface area contributed by atoms with Crippen molar-refractivity contribution in [2.45, 2.75) is 46.0 Å². The Morgan fingerprint density at radius 3 is 2.74 bits per heavy atom. The SMILES string of the molecule is CNc1cc([C@H](C)C2(C)CCC2)nc2c(C)cnn12. The topological polar surface area (TPSA) is 42.2 Å². The standard InChI is InChI=1S/C15H22N4/c1-10-9-17-19-13(16-4)8-12(18-14(10)19)11(2)15(3)6-5-7-15/h8-9,11,16H,5-7H2,1-4H3/t11-/m0/s1. The van der Waals surface area contributed by atoms with Crippen LogP contribution in [0.4, 0.5) is 5.82 Å². The number of fused-ring (bicyclic) bond motifs is 1. The number of hydrogen-bond donors (Lipinski definition) is 1. The molecule has 0 aromatic carbocycles. The van der Waals surface area contributed by atoms with Crippen molar-refractivity contribution >= 4 is 11.5 Å². The van der Waals surface area contributed by atoms with Gasteiger partial charge < -0.3 is 5.32 Å². The molecule has 1 N–H and O–H groups in total. The van der Waals surface area contributed by atoms with Crippen LogP contribution in [0.15, 0.2) is 12.3 Å². The van der Waals surface area contributed by atoms with Crippen LogP contribution in [0, 0.1) is 12.3 Å². The molecule has 2 aromatic rings. The van der Waals surface area contributed by atoms with Crippen LogP contribution in [0.3, 0.4) is 0 Å². The highest BCUT2D eigenvalue weighted by molar-refractivity contribution is 5.54. The van der Waals surface area contributed by atoms with Gasteiger partial charge in [-0.25, -0.2) is 4.98 Å². The summed E-state index contributed by atoms with van der Waals surface area (Å²) < 4.78 is 1.88. The van der Waals surface area contributed by atoms with Crippen molar-refractivity contribution in [2.24, 2.45) is 5.41 Å². The zero-order valence-electron chi connectivity index (χ0n) is 12.2. The summed E-state index contributed by atoms with van der Waals surface area (Å²) in [5, 5.41) is 7.60. The Bertz CT molecular complexity index is 610. The van der Waals surface area contributed by atoms with E-state index < -0.39 is 0 Å². The second-order valence-corrected chi connectivity index (χ2v) is 6.11. The second-order valence-electron chi connectivity index (χ2n) is 6.11. The summed E-state index contributed by atoms with van der Waals surface area (Å²) in [6, 6.07) is 2.15. The number of nitrogens with zero attached hydrogens (tertiary/aromatic N) is 3. The molecule has 4 heteroatoms. The zero-order valence-corrected chi connectivity index (χ0v) is 12.2. The molecule has 2 aromatic heterocycles. The van der Waals surface area contributed by atoms with E-state index >= 15 is 0 Å². The van der Waals surface area contributed by atoms with Gasteiger partial charge in [0.25, 0.3) is 0 Å². The zero-order chi connectivity index (χ0) is 13.6. The van der Waals surface area contributed by atoms with E-state index in [9.17, 15) is 0 Å². The van der Waals surface area contributed by atoms with E-state index in [2.05, 4.69) is 37.3 Å². The first-order valence-electron chi connectivity index (χ1n) is 7.08. The van der Waals surface area contributed by atoms with Crippen molar-refractivity contribution in [2.75, 3.05) is 12.4 Å². The molecule has 1 atom stereocenters. The molecule has 1 fully saturated rings. The Morgan fingerprint density at radius 2 is 2.16 bits per heavy atom. The number of hydrogen-bond acceptors (Lipinski definition) is 3. The van der Waals surface area contributed by atoms with Gasteiger partial charge in [-0.15, -0.1) is 0 Å². The van der Waals surface area contributed by atoms with Gasteiger partial charge in [0.2, 0.25) is 0 Å². The molecule has 4 nitrogen and oxygen atoms in total. The van der Waals surface area contributed by atoms with Crippen molar-refractivity contribution in [3.05, 3.63) is 23.5 Å². The fraction of sp³-hybridized carbons (Fsp3) is 0.600. The van der Waals surface area contributed by atoms with E-state index in [0.717, 1.165) is 17.0 Å². The molecule has 0 radical (unpaired) electrons. The lowest BCUT2D eigenvalue weighted by atomic mass is 9.62. The number of aromatic nitrogens is 3. The van der Waals surface area contributed by atoms with Crippen LogP contribution in [-0.2, 0) is 0 Å². The minimum absolute atomic E-state index is 0.421. The fourth-order valence-corrected chi connectivity index (χ4v) is 3.02. The van der Waals surface area contributed by atoms with Gasteiger partial charge >= 0.3 is 0 Å². The molecule has 0 bridgehead atoms. The smallest absolute Gasteiger partial charge is 0.160 e. The Labute approximate surface area is 114 Å². The van der Waals surface area contributed by atoms with E-state index in [1.807, 2.05) is 17.8 Å². The minimum atomic E-state index is 0.421. The first-order chi connectivity index (χ1) is 9.05. The van der Waals surface area contributed by atoms with Gasteiger partial charge in [-0.3, -0.25) is 0 Å². The summed E-state index contributed by atoms with van der Waals surface area (Å²) in [5.74, 6) is 1.51. The summed E-state index contributed by atoms with van der Waals surface area (Å²) >= 11 is 0. The Balaban J connectivity index is 2.11. The maximum Gasteiger partial charge on any atom is 0.160 e. The highest BCUT2D eigenvalue weighted by Crippen LogP contribution is 2.50. The summed E-state index contributed by atoms with van der Waals surface area (Å²) in [6.45, 7) is 6.76. The van der Waals surface area contributed by atoms with Gasteiger partial charge in [-0.05, 0) is 25.2 Å². The molecule has 19 heavy (non-hydrogen) atoms. The molecule has 1 aliphatic rings. The van der Waals surface area contributed by atoms with Crippen LogP contribution in [0.25, 0.3) is 5.65 Å². The maximum atomic E-state index is 4.85. The highest BCUT2D eigenvalue weighted by Gasteiger charge is 2.38. The van der Waals surface area contributed by atoms with Gasteiger partial charge in [0.15, 0.2) is 5.65 Å². The molecule has 2 heterocycles. The Hall–Kier alpha value is -1.58. The molecule has 102 valence electrons. The van der Waals surface area contributed by atoms with E-state index in [1.165, 1.54) is 25.0 Å². The summed E-state index contributed by atoms with van der Waals surface area (Å²) in [6.07, 6.45) is 5.86. The van der Waals surface area contributed by atoms with Crippen LogP contribution < -0.4 is 5.32 Å². The second kappa shape index (κ2) is 4.22. The number of rotatable bonds is 3. The monoisotopic (exact) mass is 258 g/mol. The third kappa shape index (κ3) is 1.81. The van der Waals surface area contributed by atoms with E-state index in [0.29, 0.717) is 11.3 Å². The number of aryl methyl sites for hydroxylation is 1. The third-order valence-electron chi connectivity index (χ3n) is 4.91. The molecular formula is C15H22N4. The van der Waals surface area contributed by atoms with Gasteiger partial charge in [0.05, 0.1) is 6.20 Å². The van der Waals surface area contributed by atoms with Crippen molar-refractivity contribution < 1.29 is 0 Å². The van der Waals surface area contributed by atoms with Crippen LogP contribution in [0.1, 0.15) is 50.3 Å². The number of anilines is 1. The van der Waals surface area contributed by atoms with Crippen molar-refractivity contribution in [1.29, 1.82) is 0 Å². The molecule has 0 aliphatic heterocycles. The lowest BCUT2D eigenvalue weighted by molar-refractivity contribution is 0.123. The predicted molar refractivity (Wildman–Crippen MR) is 77.6 cm³/mol. The molecule has 3 rings (SSSR count). The van der Waals surface area contributed by atoms with Crippen molar-refractivity contribution in [3.63, 3.8) is 0 Å². The first kappa shape index (κ1) is 12.5. The first-order valence-corrected chi connectivity index (χ1v) is 7.08. The van der Waals surface area contributed by atoms with E-state index in [4.69, 9.17) is 4.98 Å². The maximum absolute atomic E-state index is 4.85. The molecule has 0 saturated heterocycles. The quantitative estimate of drug-likeness (QED) is 0.917. The lowest BCUT2D eigenvalue weighted by Crippen LogP contribution is -2.32. The molecule has 0 unspecified atom stereocenters. The van der Waals surface area contributed by atoms with Crippen LogP contribution in [0.2, 0.25) is 0 Å². The van der Waals surface area contributed by atoms with E-state index in [-0.39, 0.29) is 0 Å². The Kier molecular flexibility index (Phi) is 2.77. The van der Waals surface area contributed by atoms with Crippen LogP contribution >= 0.6 is 0 Å². The lowest BCUT2D eigenvalue weighted by Gasteiger charge is -2.43. The average molecular weight is 258 g/mol. The van der Waals surface area contributed by atoms with Gasteiger partial charge in [-0.2, -0.15) is 9.61 Å². The summed E-state index contributed by atoms with van der Waals surface area (Å²) in [7, 11) is 1.94. The Morgan fingerprint density at radius 1 is 1.42 bits per heavy atom. The van der Waals surface area contributed by atoms with Crippen molar-refractivity contribution in [1.82, 2.24) is 14.6 Å². The third-order valence-corrected chi connectivity index (χ3v) is 4.91. The van der Waals surface area contributed by atoms with E-state index in [1.54, 1.807) is 0 Å². The normalized spacial score (nSPS) is 19.2. The molecular weight excluding hydrogens is 236 g/mol. The largest absolute Gasteiger partial charge is 0.373 e. The summed E-state index contributed by atoms with van der Waals surface area (Å²) in [5.41, 5.74) is 3.70. The average Bonchev–Trinajstić information content (AvgIpc) is 2.76. The number of nitrogens with one attached hydrogen (secondary N) is 1. The van der Waals surface area contributed by atoms with Gasteiger partial charge in [-0.1, -0.05) is 20.3 Å². The van der Waals surface area contributed by atoms with Crippen LogP contribution in [-0.4, -0.2) is 21.6 Å². The molecule has 1 saturated carbocycles. The molecule has 0 spiro atoms. The fourth-order valence-electron chi connectivity index (χ4n) is 3.02. The highest BCUT2D eigenvalue weighted by atomic mass is 15.3.